The molecule has 0 unspecified atom stereocenters. The van der Waals surface area contributed by atoms with Crippen molar-refractivity contribution in [3.05, 3.63) is 147 Å². The SMILES string of the molecule is C[S+](C)(=O)Oc1ccccc1.Fc1c(F)c(F)c([B-](c2c(F)c(F)c(F)c(F)c2F)(c2c(F)c(F)c(F)c(F)c2F)c2c(F)c(F)c(F)c(F)c2F)c(F)c1F. The van der Waals surface area contributed by atoms with E-state index in [1.807, 2.05) is 18.2 Å². The van der Waals surface area contributed by atoms with Crippen LogP contribution in [0.5, 0.6) is 5.75 Å². The fraction of sp³-hybridized carbons (Fsp3) is 0.0625. The van der Waals surface area contributed by atoms with Crippen LogP contribution in [0.25, 0.3) is 0 Å². The molecule has 0 aliphatic carbocycles. The molecule has 0 bridgehead atoms. The van der Waals surface area contributed by atoms with Crippen molar-refractivity contribution < 1.29 is 96.2 Å². The quantitative estimate of drug-likeness (QED) is 0.0580. The summed E-state index contributed by atoms with van der Waals surface area (Å²) >= 11 is 0. The van der Waals surface area contributed by atoms with Crippen LogP contribution in [-0.4, -0.2) is 18.7 Å². The molecular formula is C32H11BF20O2S. The lowest BCUT2D eigenvalue weighted by Crippen LogP contribution is -2.81. The van der Waals surface area contributed by atoms with Gasteiger partial charge in [0.2, 0.25) is 0 Å². The normalized spacial score (nSPS) is 11.8. The first-order valence-electron chi connectivity index (χ1n) is 14.2. The van der Waals surface area contributed by atoms with E-state index in [1.54, 1.807) is 24.6 Å². The molecule has 5 aromatic rings. The van der Waals surface area contributed by atoms with E-state index in [2.05, 4.69) is 0 Å². The molecule has 5 rings (SSSR count). The smallest absolute Gasteiger partial charge is 0.253 e. The van der Waals surface area contributed by atoms with Crippen molar-refractivity contribution in [2.75, 3.05) is 12.5 Å². The van der Waals surface area contributed by atoms with Crippen LogP contribution in [0.1, 0.15) is 0 Å². The number of hydrogen-bond donors (Lipinski definition) is 0. The summed E-state index contributed by atoms with van der Waals surface area (Å²) in [5.74, 6) is -70.7. The van der Waals surface area contributed by atoms with E-state index < -0.39 is 155 Å². The molecule has 56 heavy (non-hydrogen) atoms. The Labute approximate surface area is 299 Å². The molecule has 0 aliphatic rings. The average Bonchev–Trinajstić information content (AvgIpc) is 3.14. The van der Waals surface area contributed by atoms with Crippen LogP contribution in [0.2, 0.25) is 0 Å². The Balaban J connectivity index is 0.000000544. The molecule has 24 heteroatoms. The zero-order valence-corrected chi connectivity index (χ0v) is 27.6. The summed E-state index contributed by atoms with van der Waals surface area (Å²) in [4.78, 5) is 0. The molecule has 0 atom stereocenters. The van der Waals surface area contributed by atoms with Gasteiger partial charge in [0.1, 0.15) is 65.2 Å². The van der Waals surface area contributed by atoms with Crippen molar-refractivity contribution in [2.24, 2.45) is 0 Å². The van der Waals surface area contributed by atoms with E-state index >= 15 is 35.1 Å². The largest absolute Gasteiger partial charge is 0.287 e. The summed E-state index contributed by atoms with van der Waals surface area (Å²) in [5, 5.41) is 0. The van der Waals surface area contributed by atoms with Crippen molar-refractivity contribution in [3.8, 4) is 5.75 Å². The van der Waals surface area contributed by atoms with Gasteiger partial charge < -0.3 is 0 Å². The fourth-order valence-electron chi connectivity index (χ4n) is 5.58. The highest BCUT2D eigenvalue weighted by molar-refractivity contribution is 7.97. The predicted octanol–water partition coefficient (Wildman–Crippen LogP) is 7.59. The van der Waals surface area contributed by atoms with Crippen molar-refractivity contribution >= 4 is 38.2 Å². The maximum Gasteiger partial charge on any atom is 0.253 e. The van der Waals surface area contributed by atoms with Crippen molar-refractivity contribution in [3.63, 3.8) is 0 Å². The molecule has 300 valence electrons. The number of halogens is 20. The lowest BCUT2D eigenvalue weighted by Gasteiger charge is -2.44. The highest BCUT2D eigenvalue weighted by Crippen LogP contribution is 2.30. The van der Waals surface area contributed by atoms with Gasteiger partial charge in [-0.05, 0) is 12.1 Å². The Hall–Kier alpha value is -5.29. The fourth-order valence-corrected chi connectivity index (χ4v) is 6.16. The molecule has 0 saturated carbocycles. The molecule has 0 aliphatic heterocycles. The summed E-state index contributed by atoms with van der Waals surface area (Å²) in [5.41, 5.74) is -14.3. The third-order valence-electron chi connectivity index (χ3n) is 7.75. The summed E-state index contributed by atoms with van der Waals surface area (Å²) < 4.78 is 310. The Morgan fingerprint density at radius 2 is 0.518 bits per heavy atom. The monoisotopic (exact) mass is 850 g/mol. The Morgan fingerprint density at radius 3 is 0.696 bits per heavy atom. The molecule has 0 N–H and O–H groups in total. The maximum absolute atomic E-state index is 15.4. The Bertz CT molecular complexity index is 2070. The van der Waals surface area contributed by atoms with Gasteiger partial charge in [-0.3, -0.25) is 4.18 Å². The minimum Gasteiger partial charge on any atom is -0.287 e. The lowest BCUT2D eigenvalue weighted by atomic mass is 9.12. The topological polar surface area (TPSA) is 26.3 Å². The molecular weight excluding hydrogens is 839 g/mol. The highest BCUT2D eigenvalue weighted by Gasteiger charge is 2.52. The third-order valence-corrected chi connectivity index (χ3v) is 8.34. The van der Waals surface area contributed by atoms with Crippen molar-refractivity contribution in [2.45, 2.75) is 0 Å². The average molecular weight is 850 g/mol. The van der Waals surface area contributed by atoms with E-state index in [-0.39, 0.29) is 0 Å². The second-order valence-electron chi connectivity index (χ2n) is 11.3. The number of para-hydroxylation sites is 1. The van der Waals surface area contributed by atoms with Gasteiger partial charge in [0.15, 0.2) is 75.6 Å². The van der Waals surface area contributed by atoms with Gasteiger partial charge in [-0.15, -0.1) is 21.9 Å². The molecule has 0 aromatic heterocycles. The van der Waals surface area contributed by atoms with Gasteiger partial charge >= 0.3 is 0 Å². The minimum absolute atomic E-state index is 0.655. The molecule has 5 aromatic carbocycles. The Morgan fingerprint density at radius 1 is 0.339 bits per heavy atom. The lowest BCUT2D eigenvalue weighted by molar-refractivity contribution is 0.378. The molecule has 0 amide bonds. The first-order chi connectivity index (χ1) is 25.8. The second kappa shape index (κ2) is 15.3. The Kier molecular flexibility index (Phi) is 11.9. The summed E-state index contributed by atoms with van der Waals surface area (Å²) in [6, 6.07) is 9.15. The van der Waals surface area contributed by atoms with Crippen LogP contribution in [-0.2, 0) is 14.4 Å². The summed E-state index contributed by atoms with van der Waals surface area (Å²) in [6.45, 7) is 0. The molecule has 0 heterocycles. The number of benzene rings is 5. The predicted molar refractivity (Wildman–Crippen MR) is 156 cm³/mol. The minimum atomic E-state index is -7.22. The summed E-state index contributed by atoms with van der Waals surface area (Å²) in [7, 11) is -2.13. The zero-order chi connectivity index (χ0) is 42.7. The number of hydrogen-bond acceptors (Lipinski definition) is 2. The molecule has 2 nitrogen and oxygen atoms in total. The van der Waals surface area contributed by atoms with E-state index in [0.717, 1.165) is 0 Å². The van der Waals surface area contributed by atoms with Crippen LogP contribution in [0.15, 0.2) is 30.3 Å². The first kappa shape index (κ1) is 43.4. The standard InChI is InChI=1S/C24BF20.C8H11O2S/c26-5-1(6(27)14(35)21(42)13(5)34)25(2-7(28)15(36)22(43)16(37)8(2)29,3-9(30)17(38)23(44)18(39)10(3)31)4-11(32)19(40)24(45)20(41)12(4)33;1-11(2,9)10-8-6-4-3-5-7-8/h;3-7H,1-2H3/q-1;+1. The van der Waals surface area contributed by atoms with Gasteiger partial charge in [0, 0.05) is 0 Å². The zero-order valence-electron chi connectivity index (χ0n) is 26.7. The van der Waals surface area contributed by atoms with E-state index in [4.69, 9.17) is 4.18 Å². The van der Waals surface area contributed by atoms with Gasteiger partial charge in [-0.25, -0.2) is 87.8 Å². The van der Waals surface area contributed by atoms with Gasteiger partial charge in [-0.2, -0.15) is 0 Å². The maximum atomic E-state index is 15.4. The number of rotatable bonds is 6. The van der Waals surface area contributed by atoms with Gasteiger partial charge in [0.25, 0.3) is 10.2 Å². The van der Waals surface area contributed by atoms with Crippen LogP contribution < -0.4 is 26.0 Å². The van der Waals surface area contributed by atoms with Crippen molar-refractivity contribution in [1.29, 1.82) is 0 Å². The van der Waals surface area contributed by atoms with E-state index in [9.17, 15) is 56.9 Å². The highest BCUT2D eigenvalue weighted by atomic mass is 32.3. The second-order valence-corrected chi connectivity index (χ2v) is 13.8. The van der Waals surface area contributed by atoms with Gasteiger partial charge in [-0.1, -0.05) is 22.4 Å². The van der Waals surface area contributed by atoms with E-state index in [0.29, 0.717) is 5.75 Å². The molecule has 0 radical (unpaired) electrons. The third kappa shape index (κ3) is 6.80. The van der Waals surface area contributed by atoms with E-state index in [1.165, 1.54) is 0 Å². The summed E-state index contributed by atoms with van der Waals surface area (Å²) in [6.07, 6.45) is -4.08. The molecule has 0 fully saturated rings. The molecule has 0 spiro atoms. The van der Waals surface area contributed by atoms with Crippen LogP contribution in [0.3, 0.4) is 0 Å². The van der Waals surface area contributed by atoms with Crippen LogP contribution in [0.4, 0.5) is 87.8 Å². The first-order valence-corrected chi connectivity index (χ1v) is 16.5. The van der Waals surface area contributed by atoms with Crippen LogP contribution >= 0.6 is 0 Å². The van der Waals surface area contributed by atoms with Crippen molar-refractivity contribution in [1.82, 2.24) is 0 Å². The van der Waals surface area contributed by atoms with Crippen LogP contribution in [0, 0.1) is 116 Å². The van der Waals surface area contributed by atoms with Gasteiger partial charge in [0.05, 0.1) is 0 Å². The molecule has 0 saturated heterocycles.